The van der Waals surface area contributed by atoms with Crippen molar-refractivity contribution in [1.82, 2.24) is 5.32 Å². The number of nitrogens with one attached hydrogen (secondary N) is 1. The highest BCUT2D eigenvalue weighted by atomic mass is 16.5. The third kappa shape index (κ3) is 3.67. The molecule has 1 saturated carbocycles. The maximum Gasteiger partial charge on any atom is 0.257 e. The number of amides is 1. The topological polar surface area (TPSA) is 84.6 Å². The van der Waals surface area contributed by atoms with Crippen molar-refractivity contribution in [2.45, 2.75) is 25.7 Å². The normalized spacial score (nSPS) is 21.8. The van der Waals surface area contributed by atoms with Crippen molar-refractivity contribution in [2.24, 2.45) is 11.8 Å². The highest BCUT2D eigenvalue weighted by Crippen LogP contribution is 2.29. The Morgan fingerprint density at radius 1 is 1.38 bits per heavy atom. The van der Waals surface area contributed by atoms with Gasteiger partial charge in [0.05, 0.1) is 7.11 Å². The van der Waals surface area contributed by atoms with E-state index in [4.69, 9.17) is 10.5 Å². The average Bonchev–Trinajstić information content (AvgIpc) is 2.52. The molecule has 21 heavy (non-hydrogen) atoms. The van der Waals surface area contributed by atoms with Gasteiger partial charge in [0, 0.05) is 18.8 Å². The first-order valence-electron chi connectivity index (χ1n) is 7.49. The summed E-state index contributed by atoms with van der Waals surface area (Å²) in [6, 6.07) is 5.17. The average molecular weight is 292 g/mol. The molecular formula is C16H24N2O3. The maximum atomic E-state index is 12.3. The summed E-state index contributed by atoms with van der Waals surface area (Å²) in [7, 11) is 1.52. The van der Waals surface area contributed by atoms with Crippen molar-refractivity contribution in [3.05, 3.63) is 23.8 Å². The van der Waals surface area contributed by atoms with Gasteiger partial charge in [0.1, 0.15) is 11.3 Å². The molecule has 1 aromatic carbocycles. The first-order valence-corrected chi connectivity index (χ1v) is 7.49. The van der Waals surface area contributed by atoms with Gasteiger partial charge in [-0.3, -0.25) is 4.79 Å². The zero-order valence-electron chi connectivity index (χ0n) is 12.5. The Bertz CT molecular complexity index is 490. The molecule has 0 radical (unpaired) electrons. The Morgan fingerprint density at radius 3 is 2.76 bits per heavy atom. The number of ether oxygens (including phenoxy) is 1. The Morgan fingerprint density at radius 2 is 2.10 bits per heavy atom. The minimum absolute atomic E-state index is 0.192. The van der Waals surface area contributed by atoms with E-state index in [1.165, 1.54) is 7.11 Å². The van der Waals surface area contributed by atoms with Gasteiger partial charge in [0.2, 0.25) is 0 Å². The van der Waals surface area contributed by atoms with Crippen LogP contribution in [0.1, 0.15) is 36.0 Å². The van der Waals surface area contributed by atoms with Crippen LogP contribution in [0.25, 0.3) is 0 Å². The molecule has 2 unspecified atom stereocenters. The molecule has 0 bridgehead atoms. The lowest BCUT2D eigenvalue weighted by molar-refractivity contribution is 0.0907. The number of aliphatic hydroxyl groups is 1. The zero-order valence-corrected chi connectivity index (χ0v) is 12.5. The molecule has 0 aliphatic heterocycles. The summed E-state index contributed by atoms with van der Waals surface area (Å²) in [4.78, 5) is 12.3. The van der Waals surface area contributed by atoms with Gasteiger partial charge >= 0.3 is 0 Å². The molecule has 0 heterocycles. The molecular weight excluding hydrogens is 268 g/mol. The van der Waals surface area contributed by atoms with Crippen LogP contribution in [0.3, 0.4) is 0 Å². The fourth-order valence-electron chi connectivity index (χ4n) is 3.07. The number of nitrogen functional groups attached to an aromatic ring is 1. The summed E-state index contributed by atoms with van der Waals surface area (Å²) in [6.45, 7) is 0.763. The molecule has 1 amide bonds. The Kier molecular flexibility index (Phi) is 5.44. The van der Waals surface area contributed by atoms with Crippen molar-refractivity contribution in [1.29, 1.82) is 0 Å². The number of methoxy groups -OCH3 is 1. The summed E-state index contributed by atoms with van der Waals surface area (Å²) in [5.74, 6) is 0.889. The molecule has 1 aromatic rings. The zero-order chi connectivity index (χ0) is 15.2. The number of hydrogen-bond donors (Lipinski definition) is 3. The van der Waals surface area contributed by atoms with Gasteiger partial charge in [-0.25, -0.2) is 0 Å². The Hall–Kier alpha value is -1.75. The number of benzene rings is 1. The van der Waals surface area contributed by atoms with Gasteiger partial charge in [-0.1, -0.05) is 18.9 Å². The summed E-state index contributed by atoms with van der Waals surface area (Å²) >= 11 is 0. The van der Waals surface area contributed by atoms with Crippen molar-refractivity contribution >= 4 is 11.6 Å². The highest BCUT2D eigenvalue weighted by Gasteiger charge is 2.25. The second-order valence-corrected chi connectivity index (χ2v) is 5.62. The summed E-state index contributed by atoms with van der Waals surface area (Å²) < 4.78 is 5.20. The van der Waals surface area contributed by atoms with Crippen molar-refractivity contribution in [2.75, 3.05) is 26.0 Å². The van der Waals surface area contributed by atoms with Crippen molar-refractivity contribution in [3.63, 3.8) is 0 Å². The first-order chi connectivity index (χ1) is 10.2. The lowest BCUT2D eigenvalue weighted by atomic mass is 9.79. The third-order valence-electron chi connectivity index (χ3n) is 4.33. The number of anilines is 1. The van der Waals surface area contributed by atoms with E-state index in [-0.39, 0.29) is 18.4 Å². The van der Waals surface area contributed by atoms with E-state index in [1.54, 1.807) is 18.2 Å². The van der Waals surface area contributed by atoms with E-state index in [9.17, 15) is 9.90 Å². The van der Waals surface area contributed by atoms with E-state index in [2.05, 4.69) is 5.32 Å². The summed E-state index contributed by atoms with van der Waals surface area (Å²) in [5, 5.41) is 12.4. The van der Waals surface area contributed by atoms with E-state index >= 15 is 0 Å². The van der Waals surface area contributed by atoms with Crippen LogP contribution in [0, 0.1) is 11.8 Å². The smallest absolute Gasteiger partial charge is 0.257 e. The lowest BCUT2D eigenvalue weighted by Crippen LogP contribution is -2.35. The Labute approximate surface area is 125 Å². The number of aliphatic hydroxyl groups excluding tert-OH is 1. The van der Waals surface area contributed by atoms with Gasteiger partial charge < -0.3 is 20.9 Å². The number of rotatable bonds is 5. The van der Waals surface area contributed by atoms with Crippen LogP contribution in [0.4, 0.5) is 5.69 Å². The molecule has 4 N–H and O–H groups in total. The van der Waals surface area contributed by atoms with Gasteiger partial charge in [-0.15, -0.1) is 0 Å². The van der Waals surface area contributed by atoms with E-state index in [1.807, 2.05) is 0 Å². The molecule has 5 heteroatoms. The molecule has 1 fully saturated rings. The van der Waals surface area contributed by atoms with Crippen LogP contribution in [0.2, 0.25) is 0 Å². The number of carbonyl (C=O) groups excluding carboxylic acids is 1. The molecule has 5 nitrogen and oxygen atoms in total. The van der Waals surface area contributed by atoms with E-state index < -0.39 is 0 Å². The molecule has 0 spiro atoms. The first kappa shape index (κ1) is 15.6. The second-order valence-electron chi connectivity index (χ2n) is 5.62. The van der Waals surface area contributed by atoms with Crippen LogP contribution < -0.4 is 15.8 Å². The van der Waals surface area contributed by atoms with Crippen molar-refractivity contribution < 1.29 is 14.6 Å². The maximum absolute atomic E-state index is 12.3. The summed E-state index contributed by atoms with van der Waals surface area (Å²) in [5.41, 5.74) is 6.68. The van der Waals surface area contributed by atoms with Crippen LogP contribution >= 0.6 is 0 Å². The number of carbonyl (C=O) groups is 1. The highest BCUT2D eigenvalue weighted by molar-refractivity contribution is 6.01. The minimum Gasteiger partial charge on any atom is -0.496 e. The molecule has 2 rings (SSSR count). The SMILES string of the molecule is COc1cccc(N)c1C(=O)NCC1CCCCC1CO. The van der Waals surface area contributed by atoms with Gasteiger partial charge in [-0.05, 0) is 36.8 Å². The predicted molar refractivity (Wildman–Crippen MR) is 82.3 cm³/mol. The lowest BCUT2D eigenvalue weighted by Gasteiger charge is -2.30. The Balaban J connectivity index is 2.01. The van der Waals surface area contributed by atoms with Gasteiger partial charge in [-0.2, -0.15) is 0 Å². The van der Waals surface area contributed by atoms with Crippen LogP contribution in [0.5, 0.6) is 5.75 Å². The quantitative estimate of drug-likeness (QED) is 0.723. The second kappa shape index (κ2) is 7.31. The molecule has 0 saturated heterocycles. The third-order valence-corrected chi connectivity index (χ3v) is 4.33. The minimum atomic E-state index is -0.216. The number of hydrogen-bond acceptors (Lipinski definition) is 4. The fourth-order valence-corrected chi connectivity index (χ4v) is 3.07. The van der Waals surface area contributed by atoms with Crippen LogP contribution in [-0.4, -0.2) is 31.3 Å². The molecule has 116 valence electrons. The molecule has 2 atom stereocenters. The van der Waals surface area contributed by atoms with Crippen LogP contribution in [0.15, 0.2) is 18.2 Å². The largest absolute Gasteiger partial charge is 0.496 e. The van der Waals surface area contributed by atoms with Crippen LogP contribution in [-0.2, 0) is 0 Å². The summed E-state index contributed by atoms with van der Waals surface area (Å²) in [6.07, 6.45) is 4.41. The van der Waals surface area contributed by atoms with Gasteiger partial charge in [0.25, 0.3) is 5.91 Å². The van der Waals surface area contributed by atoms with E-state index in [0.29, 0.717) is 29.5 Å². The molecule has 1 aliphatic rings. The molecule has 1 aliphatic carbocycles. The molecule has 0 aromatic heterocycles. The standard InChI is InChI=1S/C16H24N2O3/c1-21-14-8-4-7-13(17)15(14)16(20)18-9-11-5-2-3-6-12(11)10-19/h4,7-8,11-12,19H,2-3,5-6,9-10,17H2,1H3,(H,18,20). The fraction of sp³-hybridized carbons (Fsp3) is 0.562. The predicted octanol–water partition coefficient (Wildman–Crippen LogP) is 1.81. The van der Waals surface area contributed by atoms with E-state index in [0.717, 1.165) is 25.7 Å². The monoisotopic (exact) mass is 292 g/mol. The van der Waals surface area contributed by atoms with Crippen molar-refractivity contribution in [3.8, 4) is 5.75 Å². The van der Waals surface area contributed by atoms with Gasteiger partial charge in [0.15, 0.2) is 0 Å². The number of nitrogens with two attached hydrogens (primary N) is 1.